The van der Waals surface area contributed by atoms with Crippen molar-refractivity contribution < 1.29 is 23.9 Å². The second-order valence-corrected chi connectivity index (χ2v) is 7.87. The molecule has 1 saturated heterocycles. The average Bonchev–Trinajstić information content (AvgIpc) is 2.95. The van der Waals surface area contributed by atoms with Gasteiger partial charge in [0.25, 0.3) is 11.8 Å². The van der Waals surface area contributed by atoms with Crippen LogP contribution in [0.25, 0.3) is 0 Å². The Bertz CT molecular complexity index is 776. The molecule has 1 aliphatic heterocycles. The van der Waals surface area contributed by atoms with E-state index < -0.39 is 36.0 Å². The van der Waals surface area contributed by atoms with Crippen molar-refractivity contribution in [3.63, 3.8) is 0 Å². The molecule has 1 saturated carbocycles. The summed E-state index contributed by atoms with van der Waals surface area (Å²) in [7, 11) is 0. The average molecular weight is 401 g/mol. The summed E-state index contributed by atoms with van der Waals surface area (Å²) in [6.07, 6.45) is 5.61. The van der Waals surface area contributed by atoms with Crippen molar-refractivity contribution in [3.05, 3.63) is 35.9 Å². The molecule has 0 unspecified atom stereocenters. The molecule has 0 bridgehead atoms. The maximum absolute atomic E-state index is 12.7. The van der Waals surface area contributed by atoms with Gasteiger partial charge in [-0.25, -0.2) is 4.79 Å². The lowest BCUT2D eigenvalue weighted by Crippen LogP contribution is -2.50. The predicted octanol–water partition coefficient (Wildman–Crippen LogP) is 2.08. The predicted molar refractivity (Wildman–Crippen MR) is 104 cm³/mol. The Labute approximate surface area is 169 Å². The maximum Gasteiger partial charge on any atom is 0.344 e. The smallest absolute Gasteiger partial charge is 0.344 e. The number of urea groups is 1. The minimum atomic E-state index is -1.11. The van der Waals surface area contributed by atoms with Crippen LogP contribution >= 0.6 is 0 Å². The van der Waals surface area contributed by atoms with E-state index in [0.29, 0.717) is 17.9 Å². The van der Waals surface area contributed by atoms with Gasteiger partial charge in [0.1, 0.15) is 5.54 Å². The molecule has 3 rings (SSSR count). The highest BCUT2D eigenvalue weighted by Gasteiger charge is 2.48. The second kappa shape index (κ2) is 9.07. The number of hydrogen-bond donors (Lipinski definition) is 2. The maximum atomic E-state index is 12.7. The van der Waals surface area contributed by atoms with Gasteiger partial charge >= 0.3 is 12.0 Å². The zero-order valence-electron chi connectivity index (χ0n) is 16.6. The van der Waals surface area contributed by atoms with Gasteiger partial charge < -0.3 is 10.1 Å². The van der Waals surface area contributed by atoms with Crippen molar-refractivity contribution >= 4 is 23.8 Å². The summed E-state index contributed by atoms with van der Waals surface area (Å²) in [5.74, 6) is -1.82. The topological polar surface area (TPSA) is 105 Å². The van der Waals surface area contributed by atoms with Crippen molar-refractivity contribution in [2.24, 2.45) is 5.92 Å². The van der Waals surface area contributed by atoms with Crippen LogP contribution in [0.4, 0.5) is 4.79 Å². The summed E-state index contributed by atoms with van der Waals surface area (Å²) in [6, 6.07) is 8.93. The third kappa shape index (κ3) is 5.13. The van der Waals surface area contributed by atoms with Crippen LogP contribution in [0.15, 0.2) is 30.3 Å². The number of benzene rings is 1. The first-order valence-corrected chi connectivity index (χ1v) is 10.1. The molecule has 1 aliphatic carbocycles. The van der Waals surface area contributed by atoms with E-state index in [1.54, 1.807) is 6.92 Å². The van der Waals surface area contributed by atoms with E-state index in [1.807, 2.05) is 30.3 Å². The molecule has 1 aromatic rings. The summed E-state index contributed by atoms with van der Waals surface area (Å²) in [6.45, 7) is 1.11. The summed E-state index contributed by atoms with van der Waals surface area (Å²) < 4.78 is 5.06. The fraction of sp³-hybridized carbons (Fsp3) is 0.524. The summed E-state index contributed by atoms with van der Waals surface area (Å²) >= 11 is 0. The number of rotatable bonds is 7. The Morgan fingerprint density at radius 2 is 1.86 bits per heavy atom. The number of amides is 4. The van der Waals surface area contributed by atoms with Crippen LogP contribution in [0, 0.1) is 5.92 Å². The molecule has 1 heterocycles. The van der Waals surface area contributed by atoms with E-state index in [1.165, 1.54) is 0 Å². The fourth-order valence-electron chi connectivity index (χ4n) is 3.74. The molecule has 0 radical (unpaired) electrons. The molecule has 4 amide bonds. The standard InChI is InChI=1S/C21H27N3O5/c1-21(13-12-15-8-4-2-5-9-15)19(27)24(20(28)22-21)23-17(25)14-29-18(26)16-10-6-3-7-11-16/h2,4-5,8-9,16H,3,6-7,10-14H2,1H3,(H,22,28)(H,23,25)/t21-/m1/s1. The Hall–Kier alpha value is -2.90. The molecular weight excluding hydrogens is 374 g/mol. The van der Waals surface area contributed by atoms with Crippen molar-refractivity contribution in [3.8, 4) is 0 Å². The van der Waals surface area contributed by atoms with Gasteiger partial charge in [-0.1, -0.05) is 49.6 Å². The van der Waals surface area contributed by atoms with Crippen LogP contribution in [-0.2, 0) is 25.5 Å². The van der Waals surface area contributed by atoms with E-state index in [9.17, 15) is 19.2 Å². The molecular formula is C21H27N3O5. The minimum Gasteiger partial charge on any atom is -0.455 e. The second-order valence-electron chi connectivity index (χ2n) is 7.87. The number of nitrogens with one attached hydrogen (secondary N) is 2. The van der Waals surface area contributed by atoms with Crippen molar-refractivity contribution in [1.82, 2.24) is 15.8 Å². The number of imide groups is 1. The first kappa shape index (κ1) is 20.8. The van der Waals surface area contributed by atoms with E-state index in [-0.39, 0.29) is 5.92 Å². The molecule has 2 N–H and O–H groups in total. The number of carbonyl (C=O) groups is 4. The SMILES string of the molecule is C[C@]1(CCc2ccccc2)NC(=O)N(NC(=O)COC(=O)C2CCCCC2)C1=O. The summed E-state index contributed by atoms with van der Waals surface area (Å²) in [4.78, 5) is 49.0. The zero-order valence-corrected chi connectivity index (χ0v) is 16.6. The van der Waals surface area contributed by atoms with Crippen LogP contribution in [0.2, 0.25) is 0 Å². The van der Waals surface area contributed by atoms with Crippen molar-refractivity contribution in [2.45, 2.75) is 57.4 Å². The molecule has 29 heavy (non-hydrogen) atoms. The minimum absolute atomic E-state index is 0.172. The number of aryl methyl sites for hydroxylation is 1. The highest BCUT2D eigenvalue weighted by atomic mass is 16.5. The highest BCUT2D eigenvalue weighted by Crippen LogP contribution is 2.25. The van der Waals surface area contributed by atoms with Gasteiger partial charge in [-0.05, 0) is 38.2 Å². The van der Waals surface area contributed by atoms with Gasteiger partial charge in [0.2, 0.25) is 0 Å². The third-order valence-electron chi connectivity index (χ3n) is 5.54. The first-order valence-electron chi connectivity index (χ1n) is 10.1. The Morgan fingerprint density at radius 3 is 2.55 bits per heavy atom. The number of hydrazine groups is 1. The lowest BCUT2D eigenvalue weighted by Gasteiger charge is -2.22. The normalized spacial score (nSPS) is 22.3. The molecule has 0 spiro atoms. The van der Waals surface area contributed by atoms with E-state index in [4.69, 9.17) is 4.74 Å². The molecule has 156 valence electrons. The fourth-order valence-corrected chi connectivity index (χ4v) is 3.74. The van der Waals surface area contributed by atoms with Crippen molar-refractivity contribution in [2.75, 3.05) is 6.61 Å². The molecule has 0 aromatic heterocycles. The Kier molecular flexibility index (Phi) is 6.51. The lowest BCUT2D eigenvalue weighted by atomic mass is 9.89. The van der Waals surface area contributed by atoms with Gasteiger partial charge in [-0.15, -0.1) is 0 Å². The number of esters is 1. The van der Waals surface area contributed by atoms with Crippen LogP contribution in [-0.4, -0.2) is 41.0 Å². The highest BCUT2D eigenvalue weighted by molar-refractivity contribution is 6.07. The number of ether oxygens (including phenoxy) is 1. The molecule has 1 atom stereocenters. The first-order chi connectivity index (χ1) is 13.9. The van der Waals surface area contributed by atoms with Crippen LogP contribution < -0.4 is 10.7 Å². The van der Waals surface area contributed by atoms with Gasteiger partial charge in [0, 0.05) is 0 Å². The number of hydrogen-bond acceptors (Lipinski definition) is 5. The molecule has 2 aliphatic rings. The largest absolute Gasteiger partial charge is 0.455 e. The van der Waals surface area contributed by atoms with Gasteiger partial charge in [-0.2, -0.15) is 5.01 Å². The number of carbonyl (C=O) groups excluding carboxylic acids is 4. The van der Waals surface area contributed by atoms with Crippen molar-refractivity contribution in [1.29, 1.82) is 0 Å². The molecule has 2 fully saturated rings. The molecule has 1 aromatic carbocycles. The van der Waals surface area contributed by atoms with Gasteiger partial charge in [-0.3, -0.25) is 19.8 Å². The zero-order chi connectivity index (χ0) is 20.9. The quantitative estimate of drug-likeness (QED) is 0.538. The van der Waals surface area contributed by atoms with Crippen LogP contribution in [0.3, 0.4) is 0 Å². The Balaban J connectivity index is 1.49. The van der Waals surface area contributed by atoms with E-state index in [2.05, 4.69) is 10.7 Å². The van der Waals surface area contributed by atoms with Gasteiger partial charge in [0.15, 0.2) is 6.61 Å². The summed E-state index contributed by atoms with van der Waals surface area (Å²) in [5, 5.41) is 3.31. The monoisotopic (exact) mass is 401 g/mol. The Morgan fingerprint density at radius 1 is 1.17 bits per heavy atom. The summed E-state index contributed by atoms with van der Waals surface area (Å²) in [5.41, 5.74) is 2.18. The van der Waals surface area contributed by atoms with E-state index >= 15 is 0 Å². The number of nitrogens with zero attached hydrogens (tertiary/aromatic N) is 1. The van der Waals surface area contributed by atoms with E-state index in [0.717, 1.165) is 37.7 Å². The van der Waals surface area contributed by atoms with Crippen LogP contribution in [0.5, 0.6) is 0 Å². The molecule has 8 nitrogen and oxygen atoms in total. The molecule has 8 heteroatoms. The lowest BCUT2D eigenvalue weighted by molar-refractivity contribution is -0.155. The van der Waals surface area contributed by atoms with Gasteiger partial charge in [0.05, 0.1) is 5.92 Å². The third-order valence-corrected chi connectivity index (χ3v) is 5.54. The van der Waals surface area contributed by atoms with Crippen LogP contribution in [0.1, 0.15) is 51.0 Å².